The van der Waals surface area contributed by atoms with E-state index in [-0.39, 0.29) is 5.91 Å². The lowest BCUT2D eigenvalue weighted by molar-refractivity contribution is 0.102. The summed E-state index contributed by atoms with van der Waals surface area (Å²) in [5.74, 6) is 1.60. The van der Waals surface area contributed by atoms with Crippen molar-refractivity contribution in [3.63, 3.8) is 0 Å². The Kier molecular flexibility index (Phi) is 5.73. The lowest BCUT2D eigenvalue weighted by Gasteiger charge is -2.03. The second kappa shape index (κ2) is 8.18. The summed E-state index contributed by atoms with van der Waals surface area (Å²) in [7, 11) is 1.64. The van der Waals surface area contributed by atoms with Crippen molar-refractivity contribution >= 4 is 34.1 Å². The highest BCUT2D eigenvalue weighted by atomic mass is 32.2. The minimum atomic E-state index is -0.147. The van der Waals surface area contributed by atoms with E-state index in [1.165, 1.54) is 16.9 Å². The van der Waals surface area contributed by atoms with Gasteiger partial charge in [0, 0.05) is 22.3 Å². The van der Waals surface area contributed by atoms with Gasteiger partial charge in [-0.15, -0.1) is 11.3 Å². The topological polar surface area (TPSA) is 51.2 Å². The highest BCUT2D eigenvalue weighted by molar-refractivity contribution is 7.97. The molecule has 1 heterocycles. The molecule has 25 heavy (non-hydrogen) atoms. The molecule has 0 atom stereocenters. The fourth-order valence-corrected chi connectivity index (χ4v) is 3.55. The number of carbonyl (C=O) groups is 1. The van der Waals surface area contributed by atoms with Gasteiger partial charge in [0.05, 0.1) is 12.8 Å². The minimum absolute atomic E-state index is 0.147. The second-order valence-electron chi connectivity index (χ2n) is 5.35. The summed E-state index contributed by atoms with van der Waals surface area (Å²) in [5, 5.41) is 5.38. The molecule has 3 rings (SSSR count). The molecule has 0 aliphatic carbocycles. The van der Waals surface area contributed by atoms with Gasteiger partial charge >= 0.3 is 0 Å². The Morgan fingerprint density at radius 3 is 2.52 bits per heavy atom. The number of aromatic nitrogens is 1. The first-order valence-corrected chi connectivity index (χ1v) is 9.96. The number of thioether (sulfide) groups is 1. The van der Waals surface area contributed by atoms with Crippen molar-refractivity contribution in [3.8, 4) is 17.0 Å². The van der Waals surface area contributed by atoms with Gasteiger partial charge in [0.25, 0.3) is 5.91 Å². The fraction of sp³-hybridized carbons (Fsp3) is 0.158. The largest absolute Gasteiger partial charge is 0.497 e. The molecule has 0 saturated carbocycles. The number of carbonyl (C=O) groups excluding carboxylic acids is 1. The molecule has 1 amide bonds. The maximum atomic E-state index is 12.3. The van der Waals surface area contributed by atoms with Crippen LogP contribution in [0.4, 0.5) is 5.13 Å². The Labute approximate surface area is 155 Å². The van der Waals surface area contributed by atoms with Crippen LogP contribution in [0.1, 0.15) is 15.9 Å². The first-order valence-electron chi connectivity index (χ1n) is 7.69. The van der Waals surface area contributed by atoms with Crippen LogP contribution >= 0.6 is 23.1 Å². The highest BCUT2D eigenvalue weighted by Gasteiger charge is 2.10. The third-order valence-electron chi connectivity index (χ3n) is 3.64. The third-order valence-corrected chi connectivity index (χ3v) is 5.02. The zero-order valence-electron chi connectivity index (χ0n) is 14.0. The zero-order chi connectivity index (χ0) is 17.6. The van der Waals surface area contributed by atoms with Crippen molar-refractivity contribution in [3.05, 3.63) is 65.0 Å². The van der Waals surface area contributed by atoms with Gasteiger partial charge in [0.1, 0.15) is 5.75 Å². The van der Waals surface area contributed by atoms with E-state index in [2.05, 4.69) is 16.6 Å². The SMILES string of the molecule is COc1ccc(-c2csc(NC(=O)c3ccc(CSC)cc3)n2)cc1. The molecule has 0 fully saturated rings. The molecule has 1 aromatic heterocycles. The number of ether oxygens (including phenoxy) is 1. The second-order valence-corrected chi connectivity index (χ2v) is 7.07. The van der Waals surface area contributed by atoms with Gasteiger partial charge in [-0.25, -0.2) is 4.98 Å². The van der Waals surface area contributed by atoms with Crippen LogP contribution < -0.4 is 10.1 Å². The third kappa shape index (κ3) is 4.41. The van der Waals surface area contributed by atoms with Crippen LogP contribution in [-0.2, 0) is 5.75 Å². The number of amides is 1. The van der Waals surface area contributed by atoms with Crippen LogP contribution in [-0.4, -0.2) is 24.3 Å². The number of thiazole rings is 1. The van der Waals surface area contributed by atoms with Gasteiger partial charge in [0.2, 0.25) is 0 Å². The van der Waals surface area contributed by atoms with Crippen molar-refractivity contribution in [1.29, 1.82) is 0 Å². The van der Waals surface area contributed by atoms with Crippen molar-refractivity contribution < 1.29 is 9.53 Å². The molecule has 0 saturated heterocycles. The molecule has 6 heteroatoms. The summed E-state index contributed by atoms with van der Waals surface area (Å²) < 4.78 is 5.16. The quantitative estimate of drug-likeness (QED) is 0.668. The van der Waals surface area contributed by atoms with Crippen molar-refractivity contribution in [2.24, 2.45) is 0 Å². The number of nitrogens with one attached hydrogen (secondary N) is 1. The smallest absolute Gasteiger partial charge is 0.257 e. The van der Waals surface area contributed by atoms with E-state index in [1.807, 2.05) is 53.9 Å². The Morgan fingerprint density at radius 1 is 1.16 bits per heavy atom. The molecule has 0 aliphatic heterocycles. The summed E-state index contributed by atoms with van der Waals surface area (Å²) in [5.41, 5.74) is 3.66. The molecular weight excluding hydrogens is 352 g/mol. The average molecular weight is 370 g/mol. The van der Waals surface area contributed by atoms with Crippen molar-refractivity contribution in [2.45, 2.75) is 5.75 Å². The van der Waals surface area contributed by atoms with Gasteiger partial charge in [0.15, 0.2) is 5.13 Å². The average Bonchev–Trinajstić information content (AvgIpc) is 3.11. The maximum absolute atomic E-state index is 12.3. The lowest BCUT2D eigenvalue weighted by atomic mass is 10.1. The number of hydrogen-bond donors (Lipinski definition) is 1. The summed E-state index contributed by atoms with van der Waals surface area (Å²) in [6.07, 6.45) is 2.06. The highest BCUT2D eigenvalue weighted by Crippen LogP contribution is 2.26. The molecule has 0 radical (unpaired) electrons. The predicted molar refractivity (Wildman–Crippen MR) is 106 cm³/mol. The van der Waals surface area contributed by atoms with E-state index in [0.29, 0.717) is 10.7 Å². The van der Waals surface area contributed by atoms with E-state index >= 15 is 0 Å². The molecule has 0 spiro atoms. The molecule has 1 N–H and O–H groups in total. The number of benzene rings is 2. The van der Waals surface area contributed by atoms with Crippen LogP contribution in [0.15, 0.2) is 53.9 Å². The summed E-state index contributed by atoms with van der Waals surface area (Å²) in [6.45, 7) is 0. The Hall–Kier alpha value is -2.31. The molecule has 0 aliphatic rings. The van der Waals surface area contributed by atoms with Crippen LogP contribution in [0.2, 0.25) is 0 Å². The van der Waals surface area contributed by atoms with Crippen LogP contribution in [0, 0.1) is 0 Å². The number of nitrogens with zero attached hydrogens (tertiary/aromatic N) is 1. The van der Waals surface area contributed by atoms with Gasteiger partial charge < -0.3 is 4.74 Å². The van der Waals surface area contributed by atoms with Gasteiger partial charge in [-0.1, -0.05) is 12.1 Å². The Bertz CT molecular complexity index is 843. The predicted octanol–water partition coefficient (Wildman–Crippen LogP) is 4.93. The fourth-order valence-electron chi connectivity index (χ4n) is 2.31. The van der Waals surface area contributed by atoms with E-state index in [9.17, 15) is 4.79 Å². The molecule has 0 unspecified atom stereocenters. The van der Waals surface area contributed by atoms with Crippen LogP contribution in [0.25, 0.3) is 11.3 Å². The zero-order valence-corrected chi connectivity index (χ0v) is 15.6. The van der Waals surface area contributed by atoms with Crippen molar-refractivity contribution in [1.82, 2.24) is 4.98 Å². The summed E-state index contributed by atoms with van der Waals surface area (Å²) >= 11 is 3.17. The molecular formula is C19H18N2O2S2. The van der Waals surface area contributed by atoms with E-state index in [0.717, 1.165) is 22.8 Å². The number of anilines is 1. The number of rotatable bonds is 6. The van der Waals surface area contributed by atoms with Gasteiger partial charge in [-0.05, 0) is 48.2 Å². The monoisotopic (exact) mass is 370 g/mol. The standard InChI is InChI=1S/C19H18N2O2S2/c1-23-16-9-7-14(8-10-16)17-12-25-19(20-17)21-18(22)15-5-3-13(4-6-15)11-24-2/h3-10,12H,11H2,1-2H3,(H,20,21,22). The van der Waals surface area contributed by atoms with Crippen molar-refractivity contribution in [2.75, 3.05) is 18.7 Å². The maximum Gasteiger partial charge on any atom is 0.257 e. The van der Waals surface area contributed by atoms with E-state index < -0.39 is 0 Å². The number of methoxy groups -OCH3 is 1. The first-order chi connectivity index (χ1) is 12.2. The number of hydrogen-bond acceptors (Lipinski definition) is 5. The molecule has 0 bridgehead atoms. The summed E-state index contributed by atoms with van der Waals surface area (Å²) in [6, 6.07) is 15.3. The minimum Gasteiger partial charge on any atom is -0.497 e. The molecule has 2 aromatic carbocycles. The lowest BCUT2D eigenvalue weighted by Crippen LogP contribution is -2.11. The van der Waals surface area contributed by atoms with E-state index in [1.54, 1.807) is 18.9 Å². The van der Waals surface area contributed by atoms with Crippen LogP contribution in [0.3, 0.4) is 0 Å². The van der Waals surface area contributed by atoms with E-state index in [4.69, 9.17) is 4.74 Å². The van der Waals surface area contributed by atoms with Gasteiger partial charge in [-0.3, -0.25) is 10.1 Å². The Balaban J connectivity index is 1.68. The summed E-state index contributed by atoms with van der Waals surface area (Å²) in [4.78, 5) is 16.8. The van der Waals surface area contributed by atoms with Gasteiger partial charge in [-0.2, -0.15) is 11.8 Å². The Morgan fingerprint density at radius 2 is 1.88 bits per heavy atom. The molecule has 128 valence electrons. The normalized spacial score (nSPS) is 10.5. The first kappa shape index (κ1) is 17.5. The molecule has 4 nitrogen and oxygen atoms in total. The molecule has 3 aromatic rings. The van der Waals surface area contributed by atoms with Crippen LogP contribution in [0.5, 0.6) is 5.75 Å².